The van der Waals surface area contributed by atoms with E-state index in [2.05, 4.69) is 16.4 Å². The summed E-state index contributed by atoms with van der Waals surface area (Å²) in [6, 6.07) is 7.08. The van der Waals surface area contributed by atoms with Crippen LogP contribution in [0.15, 0.2) is 22.4 Å². The minimum absolute atomic E-state index is 0.128. The molecule has 9 heteroatoms. The van der Waals surface area contributed by atoms with Gasteiger partial charge in [0.05, 0.1) is 33.4 Å². The van der Waals surface area contributed by atoms with Crippen molar-refractivity contribution >= 4 is 57.3 Å². The Balaban J connectivity index is 1.74. The summed E-state index contributed by atoms with van der Waals surface area (Å²) in [6.07, 6.45) is 0.857. The summed E-state index contributed by atoms with van der Waals surface area (Å²) in [6.45, 7) is 2.23. The number of halogens is 2. The van der Waals surface area contributed by atoms with Gasteiger partial charge in [-0.3, -0.25) is 4.79 Å². The monoisotopic (exact) mass is 415 g/mol. The summed E-state index contributed by atoms with van der Waals surface area (Å²) in [7, 11) is 0. The van der Waals surface area contributed by atoms with Gasteiger partial charge in [-0.15, -0.1) is 0 Å². The van der Waals surface area contributed by atoms with Crippen LogP contribution < -0.4 is 10.1 Å². The zero-order valence-electron chi connectivity index (χ0n) is 13.3. The molecular weight excluding hydrogens is 401 g/mol. The predicted octanol–water partition coefficient (Wildman–Crippen LogP) is 5.17. The van der Waals surface area contributed by atoms with Gasteiger partial charge in [-0.2, -0.15) is 5.26 Å². The second-order valence-corrected chi connectivity index (χ2v) is 8.00. The van der Waals surface area contributed by atoms with Crippen LogP contribution in [0.2, 0.25) is 10.0 Å². The summed E-state index contributed by atoms with van der Waals surface area (Å²) in [4.78, 5) is 16.3. The number of ether oxygens (including phenoxy) is 1. The van der Waals surface area contributed by atoms with Gasteiger partial charge < -0.3 is 10.1 Å². The SMILES string of the molecule is Cc1nc(NC(=O)CCCOc2ccc(Cl)cc2Cl)sc1SCC#N. The van der Waals surface area contributed by atoms with E-state index >= 15 is 0 Å². The maximum absolute atomic E-state index is 12.0. The molecule has 1 heterocycles. The first kappa shape index (κ1) is 19.9. The molecule has 0 bridgehead atoms. The first-order chi connectivity index (χ1) is 12.0. The second-order valence-electron chi connectivity index (χ2n) is 4.91. The highest BCUT2D eigenvalue weighted by Gasteiger charge is 2.11. The Bertz CT molecular complexity index is 790. The van der Waals surface area contributed by atoms with Crippen LogP contribution in [0.25, 0.3) is 0 Å². The van der Waals surface area contributed by atoms with Crippen molar-refractivity contribution in [1.82, 2.24) is 4.98 Å². The molecule has 25 heavy (non-hydrogen) atoms. The number of anilines is 1. The molecule has 132 valence electrons. The molecule has 0 aliphatic heterocycles. The van der Waals surface area contributed by atoms with Crippen molar-refractivity contribution in [3.63, 3.8) is 0 Å². The highest BCUT2D eigenvalue weighted by atomic mass is 35.5. The molecule has 1 aromatic heterocycles. The lowest BCUT2D eigenvalue weighted by Gasteiger charge is -2.08. The van der Waals surface area contributed by atoms with Crippen LogP contribution >= 0.6 is 46.3 Å². The van der Waals surface area contributed by atoms with Gasteiger partial charge in [0.1, 0.15) is 5.75 Å². The van der Waals surface area contributed by atoms with Crippen LogP contribution in [0, 0.1) is 18.3 Å². The Morgan fingerprint density at radius 3 is 3.00 bits per heavy atom. The second kappa shape index (κ2) is 9.88. The molecule has 0 radical (unpaired) electrons. The van der Waals surface area contributed by atoms with Crippen molar-refractivity contribution < 1.29 is 9.53 Å². The highest BCUT2D eigenvalue weighted by Crippen LogP contribution is 2.32. The number of nitrogens with one attached hydrogen (secondary N) is 1. The van der Waals surface area contributed by atoms with E-state index in [0.717, 1.165) is 9.90 Å². The van der Waals surface area contributed by atoms with Gasteiger partial charge >= 0.3 is 0 Å². The van der Waals surface area contributed by atoms with Gasteiger partial charge in [-0.25, -0.2) is 4.98 Å². The molecule has 0 spiro atoms. The Kier molecular flexibility index (Phi) is 7.85. The molecule has 1 N–H and O–H groups in total. The number of hydrogen-bond acceptors (Lipinski definition) is 6. The van der Waals surface area contributed by atoms with E-state index in [9.17, 15) is 4.79 Å². The number of carbonyl (C=O) groups excluding carboxylic acids is 1. The third-order valence-electron chi connectivity index (χ3n) is 2.97. The fourth-order valence-corrected chi connectivity index (χ4v) is 4.14. The van der Waals surface area contributed by atoms with E-state index in [1.807, 2.05) is 6.92 Å². The van der Waals surface area contributed by atoms with Crippen molar-refractivity contribution in [2.24, 2.45) is 0 Å². The standard InChI is InChI=1S/C16H15Cl2N3O2S2/c1-10-15(24-8-6-19)25-16(20-10)21-14(22)3-2-7-23-13-5-4-11(17)9-12(13)18/h4-5,9H,2-3,7-8H2,1H3,(H,20,21,22). The Morgan fingerprint density at radius 1 is 1.48 bits per heavy atom. The summed E-state index contributed by atoms with van der Waals surface area (Å²) >= 11 is 14.6. The minimum Gasteiger partial charge on any atom is -0.492 e. The van der Waals surface area contributed by atoms with E-state index < -0.39 is 0 Å². The maximum Gasteiger partial charge on any atom is 0.226 e. The Hall–Kier alpha value is -1.46. The minimum atomic E-state index is -0.128. The molecule has 5 nitrogen and oxygen atoms in total. The van der Waals surface area contributed by atoms with E-state index in [1.165, 1.54) is 23.1 Å². The Labute approximate surface area is 164 Å². The number of carbonyl (C=O) groups is 1. The van der Waals surface area contributed by atoms with Gasteiger partial charge in [0.15, 0.2) is 5.13 Å². The van der Waals surface area contributed by atoms with E-state index in [-0.39, 0.29) is 5.91 Å². The van der Waals surface area contributed by atoms with E-state index in [4.69, 9.17) is 33.2 Å². The molecule has 0 saturated carbocycles. The van der Waals surface area contributed by atoms with Gasteiger partial charge in [-0.1, -0.05) is 46.3 Å². The molecule has 0 fully saturated rings. The Morgan fingerprint density at radius 2 is 2.28 bits per heavy atom. The van der Waals surface area contributed by atoms with Crippen LogP contribution in [0.5, 0.6) is 5.75 Å². The molecule has 1 amide bonds. The van der Waals surface area contributed by atoms with Crippen LogP contribution in [0.4, 0.5) is 5.13 Å². The highest BCUT2D eigenvalue weighted by molar-refractivity contribution is 8.01. The van der Waals surface area contributed by atoms with Gasteiger partial charge in [-0.05, 0) is 31.5 Å². The summed E-state index contributed by atoms with van der Waals surface area (Å²) in [5, 5.41) is 12.9. The van der Waals surface area contributed by atoms with E-state index in [1.54, 1.807) is 18.2 Å². The summed E-state index contributed by atoms with van der Waals surface area (Å²) in [5.41, 5.74) is 0.821. The molecule has 0 aliphatic rings. The molecule has 2 aromatic rings. The third-order valence-corrected chi connectivity index (χ3v) is 5.80. The molecule has 0 saturated heterocycles. The molecule has 0 atom stereocenters. The normalized spacial score (nSPS) is 10.3. The van der Waals surface area contributed by atoms with E-state index in [0.29, 0.717) is 46.1 Å². The lowest BCUT2D eigenvalue weighted by Crippen LogP contribution is -2.12. The zero-order valence-corrected chi connectivity index (χ0v) is 16.5. The van der Waals surface area contributed by atoms with Gasteiger partial charge in [0, 0.05) is 11.4 Å². The molecule has 0 unspecified atom stereocenters. The number of hydrogen-bond donors (Lipinski definition) is 1. The van der Waals surface area contributed by atoms with Gasteiger partial charge in [0.2, 0.25) is 5.91 Å². The number of thiazole rings is 1. The number of nitriles is 1. The van der Waals surface area contributed by atoms with Crippen LogP contribution in [-0.4, -0.2) is 23.3 Å². The smallest absolute Gasteiger partial charge is 0.226 e. The number of aromatic nitrogens is 1. The first-order valence-corrected chi connectivity index (χ1v) is 9.90. The summed E-state index contributed by atoms with van der Waals surface area (Å²) < 4.78 is 6.48. The van der Waals surface area contributed by atoms with Crippen molar-refractivity contribution in [2.45, 2.75) is 24.0 Å². The van der Waals surface area contributed by atoms with Gasteiger partial charge in [0.25, 0.3) is 0 Å². The number of thioether (sulfide) groups is 1. The molecule has 0 aliphatic carbocycles. The van der Waals surface area contributed by atoms with Crippen LogP contribution in [0.1, 0.15) is 18.5 Å². The zero-order chi connectivity index (χ0) is 18.2. The number of benzene rings is 1. The van der Waals surface area contributed by atoms with Crippen molar-refractivity contribution in [1.29, 1.82) is 5.26 Å². The fourth-order valence-electron chi connectivity index (χ4n) is 1.86. The van der Waals surface area contributed by atoms with Crippen LogP contribution in [-0.2, 0) is 4.79 Å². The molecule has 1 aromatic carbocycles. The number of nitrogens with zero attached hydrogens (tertiary/aromatic N) is 2. The third kappa shape index (κ3) is 6.40. The average Bonchev–Trinajstić information content (AvgIpc) is 2.90. The average molecular weight is 416 g/mol. The predicted molar refractivity (Wildman–Crippen MR) is 103 cm³/mol. The van der Waals surface area contributed by atoms with Crippen molar-refractivity contribution in [3.05, 3.63) is 33.9 Å². The summed E-state index contributed by atoms with van der Waals surface area (Å²) in [5.74, 6) is 0.777. The number of aryl methyl sites for hydroxylation is 1. The van der Waals surface area contributed by atoms with Crippen molar-refractivity contribution in [3.8, 4) is 11.8 Å². The first-order valence-electron chi connectivity index (χ1n) is 7.34. The fraction of sp³-hybridized carbons (Fsp3) is 0.312. The lowest BCUT2D eigenvalue weighted by molar-refractivity contribution is -0.116. The number of amides is 1. The molecular formula is C16H15Cl2N3O2S2. The maximum atomic E-state index is 12.0. The topological polar surface area (TPSA) is 75.0 Å². The largest absolute Gasteiger partial charge is 0.492 e. The van der Waals surface area contributed by atoms with Crippen LogP contribution in [0.3, 0.4) is 0 Å². The quantitative estimate of drug-likeness (QED) is 0.475. The van der Waals surface area contributed by atoms with Crippen molar-refractivity contribution in [2.75, 3.05) is 17.7 Å². The lowest BCUT2D eigenvalue weighted by atomic mass is 10.3. The number of rotatable bonds is 8. The molecule has 2 rings (SSSR count).